The highest BCUT2D eigenvalue weighted by Gasteiger charge is 2.36. The molecule has 0 saturated carbocycles. The van der Waals surface area contributed by atoms with Gasteiger partial charge < -0.3 is 10.0 Å². The minimum absolute atomic E-state index is 0.0944. The Bertz CT molecular complexity index is 582. The second kappa shape index (κ2) is 4.91. The summed E-state index contributed by atoms with van der Waals surface area (Å²) in [4.78, 5) is 13.6. The zero-order valence-electron chi connectivity index (χ0n) is 10.6. The highest BCUT2D eigenvalue weighted by atomic mass is 32.2. The number of carbonyl (C=O) groups excluding carboxylic acids is 1. The Morgan fingerprint density at radius 1 is 1.53 bits per heavy atom. The van der Waals surface area contributed by atoms with Crippen molar-refractivity contribution in [1.29, 1.82) is 0 Å². The number of aryl methyl sites for hydroxylation is 1. The summed E-state index contributed by atoms with van der Waals surface area (Å²) in [6, 6.07) is 0.902. The number of likely N-dealkylation sites (tertiary alicyclic amines) is 1. The van der Waals surface area contributed by atoms with E-state index in [2.05, 4.69) is 9.82 Å². The number of amides is 1. The molecule has 0 aromatic carbocycles. The fraction of sp³-hybridized carbons (Fsp3) is 0.600. The lowest BCUT2D eigenvalue weighted by Gasteiger charge is -2.16. The van der Waals surface area contributed by atoms with E-state index in [0.29, 0.717) is 5.69 Å². The largest absolute Gasteiger partial charge is 0.390 e. The van der Waals surface area contributed by atoms with E-state index in [9.17, 15) is 18.3 Å². The normalized spacial score (nSPS) is 23.8. The van der Waals surface area contributed by atoms with Gasteiger partial charge in [0.2, 0.25) is 10.0 Å². The third-order valence-corrected chi connectivity index (χ3v) is 3.71. The zero-order valence-corrected chi connectivity index (χ0v) is 11.5. The number of β-amino-alcohol motifs (C(OH)–C–C–N with tert-alkyl or cyclic N) is 1. The Kier molecular flexibility index (Phi) is 3.61. The Balaban J connectivity index is 2.09. The number of nitrogens with zero attached hydrogens (tertiary/aromatic N) is 3. The van der Waals surface area contributed by atoms with Gasteiger partial charge in [-0.25, -0.2) is 13.1 Å². The summed E-state index contributed by atoms with van der Waals surface area (Å²) in [7, 11) is -1.77. The Morgan fingerprint density at radius 3 is 2.74 bits per heavy atom. The maximum atomic E-state index is 12.2. The molecular weight excluding hydrogens is 272 g/mol. The molecule has 0 radical (unpaired) electrons. The summed E-state index contributed by atoms with van der Waals surface area (Å²) in [5, 5.41) is 13.7. The van der Waals surface area contributed by atoms with Gasteiger partial charge in [-0.2, -0.15) is 5.10 Å². The molecule has 1 amide bonds. The van der Waals surface area contributed by atoms with Gasteiger partial charge in [-0.1, -0.05) is 0 Å². The second-order valence-electron chi connectivity index (χ2n) is 4.61. The molecule has 2 atom stereocenters. The lowest BCUT2D eigenvalue weighted by atomic mass is 10.2. The van der Waals surface area contributed by atoms with Gasteiger partial charge >= 0.3 is 0 Å². The quantitative estimate of drug-likeness (QED) is 0.680. The molecule has 19 heavy (non-hydrogen) atoms. The van der Waals surface area contributed by atoms with E-state index in [1.165, 1.54) is 15.8 Å². The molecule has 1 fully saturated rings. The van der Waals surface area contributed by atoms with Crippen LogP contribution in [-0.2, 0) is 17.1 Å². The lowest BCUT2D eigenvalue weighted by Crippen LogP contribution is -2.42. The maximum Gasteiger partial charge on any atom is 0.272 e. The van der Waals surface area contributed by atoms with Crippen LogP contribution in [0.4, 0.5) is 0 Å². The topological polar surface area (TPSA) is 105 Å². The molecule has 1 aromatic heterocycles. The molecule has 106 valence electrons. The van der Waals surface area contributed by atoms with Gasteiger partial charge in [-0.15, -0.1) is 0 Å². The fourth-order valence-electron chi connectivity index (χ4n) is 2.09. The third kappa shape index (κ3) is 3.11. The number of hydrogen-bond donors (Lipinski definition) is 2. The SMILES string of the molecule is Cn1nccc1C(=O)N1C[C@@H](O)[C@H](NS(C)(=O)=O)C1. The first-order chi connectivity index (χ1) is 8.78. The van der Waals surface area contributed by atoms with Crippen molar-refractivity contribution in [3.63, 3.8) is 0 Å². The number of nitrogens with one attached hydrogen (secondary N) is 1. The molecule has 1 aliphatic rings. The molecule has 2 rings (SSSR count). The Hall–Kier alpha value is -1.45. The van der Waals surface area contributed by atoms with Gasteiger partial charge in [0.1, 0.15) is 5.69 Å². The van der Waals surface area contributed by atoms with Gasteiger partial charge in [-0.05, 0) is 6.07 Å². The Morgan fingerprint density at radius 2 is 2.21 bits per heavy atom. The molecule has 9 heteroatoms. The third-order valence-electron chi connectivity index (χ3n) is 2.98. The summed E-state index contributed by atoms with van der Waals surface area (Å²) < 4.78 is 26.1. The molecule has 1 aliphatic heterocycles. The molecule has 1 aromatic rings. The van der Waals surface area contributed by atoms with Crippen molar-refractivity contribution in [2.75, 3.05) is 19.3 Å². The van der Waals surface area contributed by atoms with E-state index in [4.69, 9.17) is 0 Å². The summed E-state index contributed by atoms with van der Waals surface area (Å²) in [5.41, 5.74) is 0.396. The first kappa shape index (κ1) is 14.0. The molecule has 8 nitrogen and oxygen atoms in total. The molecule has 1 saturated heterocycles. The van der Waals surface area contributed by atoms with Crippen LogP contribution in [0.5, 0.6) is 0 Å². The lowest BCUT2D eigenvalue weighted by molar-refractivity contribution is 0.0754. The van der Waals surface area contributed by atoms with E-state index in [0.717, 1.165) is 6.26 Å². The summed E-state index contributed by atoms with van der Waals surface area (Å²) in [5.74, 6) is -0.281. The van der Waals surface area contributed by atoms with E-state index in [-0.39, 0.29) is 19.0 Å². The van der Waals surface area contributed by atoms with Crippen LogP contribution in [0.25, 0.3) is 0 Å². The minimum Gasteiger partial charge on any atom is -0.390 e. The van der Waals surface area contributed by atoms with Crippen molar-refractivity contribution in [3.8, 4) is 0 Å². The molecule has 2 heterocycles. The number of hydrogen-bond acceptors (Lipinski definition) is 5. The first-order valence-corrected chi connectivity index (χ1v) is 7.60. The number of carbonyl (C=O) groups is 1. The van der Waals surface area contributed by atoms with Crippen molar-refractivity contribution in [2.24, 2.45) is 7.05 Å². The maximum absolute atomic E-state index is 12.2. The minimum atomic E-state index is -3.42. The summed E-state index contributed by atoms with van der Waals surface area (Å²) in [6.07, 6.45) is 1.61. The molecule has 0 unspecified atom stereocenters. The second-order valence-corrected chi connectivity index (χ2v) is 6.39. The standard InChI is InChI=1S/C10H16N4O4S/c1-13-8(3-4-11-13)10(16)14-5-7(9(15)6-14)12-19(2,17)18/h3-4,7,9,12,15H,5-6H2,1-2H3/t7-,9-/m1/s1. The van der Waals surface area contributed by atoms with Crippen molar-refractivity contribution in [3.05, 3.63) is 18.0 Å². The van der Waals surface area contributed by atoms with Gasteiger partial charge in [0, 0.05) is 26.3 Å². The van der Waals surface area contributed by atoms with E-state index in [1.807, 2.05) is 0 Å². The van der Waals surface area contributed by atoms with Gasteiger partial charge in [0.25, 0.3) is 5.91 Å². The van der Waals surface area contributed by atoms with Crippen molar-refractivity contribution < 1.29 is 18.3 Å². The zero-order chi connectivity index (χ0) is 14.2. The summed E-state index contributed by atoms with van der Waals surface area (Å²) in [6.45, 7) is 0.232. The highest BCUT2D eigenvalue weighted by molar-refractivity contribution is 7.88. The predicted octanol–water partition coefficient (Wildman–Crippen LogP) is -1.85. The van der Waals surface area contributed by atoms with Crippen LogP contribution in [0.3, 0.4) is 0 Å². The van der Waals surface area contributed by atoms with Crippen LogP contribution in [0, 0.1) is 0 Å². The number of sulfonamides is 1. The van der Waals surface area contributed by atoms with Gasteiger partial charge in [0.05, 0.1) is 18.4 Å². The highest BCUT2D eigenvalue weighted by Crippen LogP contribution is 2.14. The van der Waals surface area contributed by atoms with E-state index >= 15 is 0 Å². The average molecular weight is 288 g/mol. The molecule has 0 aliphatic carbocycles. The molecule has 2 N–H and O–H groups in total. The number of rotatable bonds is 3. The first-order valence-electron chi connectivity index (χ1n) is 5.70. The van der Waals surface area contributed by atoms with Crippen LogP contribution in [0.15, 0.2) is 12.3 Å². The summed E-state index contributed by atoms with van der Waals surface area (Å²) >= 11 is 0. The number of aromatic nitrogens is 2. The monoisotopic (exact) mass is 288 g/mol. The van der Waals surface area contributed by atoms with Crippen LogP contribution < -0.4 is 4.72 Å². The fourth-order valence-corrected chi connectivity index (χ4v) is 2.87. The van der Waals surface area contributed by atoms with E-state index < -0.39 is 22.2 Å². The molecular formula is C10H16N4O4S. The average Bonchev–Trinajstić information content (AvgIpc) is 2.83. The van der Waals surface area contributed by atoms with Crippen LogP contribution >= 0.6 is 0 Å². The van der Waals surface area contributed by atoms with E-state index in [1.54, 1.807) is 13.1 Å². The number of aliphatic hydroxyl groups excluding tert-OH is 1. The smallest absolute Gasteiger partial charge is 0.272 e. The Labute approximate surface area is 111 Å². The number of aliphatic hydroxyl groups is 1. The predicted molar refractivity (Wildman–Crippen MR) is 66.9 cm³/mol. The van der Waals surface area contributed by atoms with Crippen LogP contribution in [0.2, 0.25) is 0 Å². The molecule has 0 spiro atoms. The van der Waals surface area contributed by atoms with Gasteiger partial charge in [0.15, 0.2) is 0 Å². The van der Waals surface area contributed by atoms with Crippen molar-refractivity contribution in [1.82, 2.24) is 19.4 Å². The van der Waals surface area contributed by atoms with Crippen LogP contribution in [-0.4, -0.2) is 65.6 Å². The van der Waals surface area contributed by atoms with Crippen LogP contribution in [0.1, 0.15) is 10.5 Å². The van der Waals surface area contributed by atoms with Crippen molar-refractivity contribution in [2.45, 2.75) is 12.1 Å². The molecule has 0 bridgehead atoms. The van der Waals surface area contributed by atoms with Gasteiger partial charge in [-0.3, -0.25) is 9.48 Å². The van der Waals surface area contributed by atoms with Crippen molar-refractivity contribution >= 4 is 15.9 Å².